The Hall–Kier alpha value is -1.00. The molecule has 0 bridgehead atoms. The molecule has 5 heteroatoms. The molecule has 2 rings (SSSR count). The van der Waals surface area contributed by atoms with Crippen LogP contribution in [0.4, 0.5) is 0 Å². The fourth-order valence-corrected chi connectivity index (χ4v) is 2.72. The highest BCUT2D eigenvalue weighted by Crippen LogP contribution is 2.18. The van der Waals surface area contributed by atoms with Crippen LogP contribution >= 0.6 is 11.6 Å². The molecule has 1 atom stereocenters. The van der Waals surface area contributed by atoms with E-state index in [1.54, 1.807) is 12.3 Å². The number of aromatic nitrogens is 1. The molecule has 0 spiro atoms. The van der Waals surface area contributed by atoms with Crippen molar-refractivity contribution in [3.05, 3.63) is 23.0 Å². The van der Waals surface area contributed by atoms with Crippen molar-refractivity contribution in [2.24, 2.45) is 0 Å². The number of nitrogens with one attached hydrogen (secondary N) is 2. The fraction of sp³-hybridized carbons (Fsp3) is 0.643. The first kappa shape index (κ1) is 14.4. The SMILES string of the molecule is CC(C)n1cc(Cl)cc1C(=O)NCCC1CCCN1. The van der Waals surface area contributed by atoms with E-state index in [1.807, 2.05) is 18.4 Å². The summed E-state index contributed by atoms with van der Waals surface area (Å²) in [5, 5.41) is 7.01. The molecular weight excluding hydrogens is 262 g/mol. The molecule has 4 nitrogen and oxygen atoms in total. The monoisotopic (exact) mass is 283 g/mol. The van der Waals surface area contributed by atoms with Crippen molar-refractivity contribution in [2.45, 2.75) is 45.2 Å². The second kappa shape index (κ2) is 6.44. The van der Waals surface area contributed by atoms with E-state index < -0.39 is 0 Å². The molecule has 1 fully saturated rings. The van der Waals surface area contributed by atoms with Gasteiger partial charge in [0.2, 0.25) is 0 Å². The Morgan fingerprint density at radius 2 is 2.42 bits per heavy atom. The highest BCUT2D eigenvalue weighted by molar-refractivity contribution is 6.31. The van der Waals surface area contributed by atoms with Crippen LogP contribution < -0.4 is 10.6 Å². The average molecular weight is 284 g/mol. The van der Waals surface area contributed by atoms with Crippen molar-refractivity contribution in [3.63, 3.8) is 0 Å². The lowest BCUT2D eigenvalue weighted by Gasteiger charge is -2.14. The molecule has 1 saturated heterocycles. The first-order valence-electron chi connectivity index (χ1n) is 6.97. The van der Waals surface area contributed by atoms with E-state index in [4.69, 9.17) is 11.6 Å². The standard InChI is InChI=1S/C14H22ClN3O/c1-10(2)18-9-11(15)8-13(18)14(19)17-7-5-12-4-3-6-16-12/h8-10,12,16H,3-7H2,1-2H3,(H,17,19). The Morgan fingerprint density at radius 1 is 1.63 bits per heavy atom. The summed E-state index contributed by atoms with van der Waals surface area (Å²) in [6.07, 6.45) is 5.25. The quantitative estimate of drug-likeness (QED) is 0.872. The van der Waals surface area contributed by atoms with Gasteiger partial charge in [0, 0.05) is 24.8 Å². The van der Waals surface area contributed by atoms with Crippen LogP contribution in [0, 0.1) is 0 Å². The summed E-state index contributed by atoms with van der Waals surface area (Å²) < 4.78 is 1.91. The zero-order chi connectivity index (χ0) is 13.8. The number of carbonyl (C=O) groups excluding carboxylic acids is 1. The smallest absolute Gasteiger partial charge is 0.267 e. The normalized spacial score (nSPS) is 19.1. The first-order chi connectivity index (χ1) is 9.08. The molecule has 1 aliphatic rings. The maximum absolute atomic E-state index is 12.1. The summed E-state index contributed by atoms with van der Waals surface area (Å²) in [5.74, 6) is -0.0430. The third kappa shape index (κ3) is 3.74. The summed E-state index contributed by atoms with van der Waals surface area (Å²) in [5.41, 5.74) is 0.638. The Morgan fingerprint density at radius 3 is 3.05 bits per heavy atom. The number of halogens is 1. The maximum Gasteiger partial charge on any atom is 0.267 e. The van der Waals surface area contributed by atoms with Crippen LogP contribution in [0.2, 0.25) is 5.02 Å². The Bertz CT molecular complexity index is 436. The molecule has 0 aliphatic carbocycles. The molecule has 1 aromatic rings. The van der Waals surface area contributed by atoms with Crippen LogP contribution in [0.5, 0.6) is 0 Å². The summed E-state index contributed by atoms with van der Waals surface area (Å²) >= 11 is 5.98. The van der Waals surface area contributed by atoms with Gasteiger partial charge in [-0.15, -0.1) is 0 Å². The van der Waals surface area contributed by atoms with Crippen LogP contribution in [0.15, 0.2) is 12.3 Å². The van der Waals surface area contributed by atoms with Crippen molar-refractivity contribution in [1.82, 2.24) is 15.2 Å². The lowest BCUT2D eigenvalue weighted by Crippen LogP contribution is -2.31. The van der Waals surface area contributed by atoms with Gasteiger partial charge in [0.25, 0.3) is 5.91 Å². The second-order valence-corrected chi connectivity index (χ2v) is 5.82. The minimum atomic E-state index is -0.0430. The Balaban J connectivity index is 1.88. The highest BCUT2D eigenvalue weighted by Gasteiger charge is 2.17. The lowest BCUT2D eigenvalue weighted by atomic mass is 10.1. The first-order valence-corrected chi connectivity index (χ1v) is 7.34. The number of carbonyl (C=O) groups is 1. The van der Waals surface area contributed by atoms with Gasteiger partial charge < -0.3 is 15.2 Å². The third-order valence-electron chi connectivity index (χ3n) is 3.54. The molecule has 106 valence electrons. The van der Waals surface area contributed by atoms with Crippen molar-refractivity contribution in [2.75, 3.05) is 13.1 Å². The molecule has 0 saturated carbocycles. The minimum Gasteiger partial charge on any atom is -0.351 e. The van der Waals surface area contributed by atoms with Gasteiger partial charge in [-0.05, 0) is 45.7 Å². The molecule has 2 heterocycles. The molecular formula is C14H22ClN3O. The van der Waals surface area contributed by atoms with Gasteiger partial charge in [0.1, 0.15) is 5.69 Å². The second-order valence-electron chi connectivity index (χ2n) is 5.38. The molecule has 1 amide bonds. The van der Waals surface area contributed by atoms with E-state index in [1.165, 1.54) is 12.8 Å². The molecule has 0 aromatic carbocycles. The predicted molar refractivity (Wildman–Crippen MR) is 77.8 cm³/mol. The van der Waals surface area contributed by atoms with Gasteiger partial charge in [-0.2, -0.15) is 0 Å². The number of hydrogen-bond acceptors (Lipinski definition) is 2. The van der Waals surface area contributed by atoms with E-state index in [0.717, 1.165) is 13.0 Å². The lowest BCUT2D eigenvalue weighted by molar-refractivity contribution is 0.0941. The van der Waals surface area contributed by atoms with Crippen LogP contribution in [-0.4, -0.2) is 29.6 Å². The van der Waals surface area contributed by atoms with Crippen molar-refractivity contribution >= 4 is 17.5 Å². The van der Waals surface area contributed by atoms with Gasteiger partial charge in [-0.25, -0.2) is 0 Å². The number of hydrogen-bond donors (Lipinski definition) is 2. The van der Waals surface area contributed by atoms with Gasteiger partial charge in [-0.3, -0.25) is 4.79 Å². The van der Waals surface area contributed by atoms with E-state index in [-0.39, 0.29) is 11.9 Å². The number of amides is 1. The van der Waals surface area contributed by atoms with Gasteiger partial charge in [0.05, 0.1) is 5.02 Å². The minimum absolute atomic E-state index is 0.0430. The van der Waals surface area contributed by atoms with Crippen molar-refractivity contribution < 1.29 is 4.79 Å². The van der Waals surface area contributed by atoms with E-state index in [9.17, 15) is 4.79 Å². The Kier molecular flexibility index (Phi) is 4.88. The van der Waals surface area contributed by atoms with Gasteiger partial charge >= 0.3 is 0 Å². The molecule has 1 aliphatic heterocycles. The largest absolute Gasteiger partial charge is 0.351 e. The van der Waals surface area contributed by atoms with Crippen molar-refractivity contribution in [3.8, 4) is 0 Å². The summed E-state index contributed by atoms with van der Waals surface area (Å²) in [4.78, 5) is 12.1. The van der Waals surface area contributed by atoms with E-state index in [0.29, 0.717) is 23.3 Å². The summed E-state index contributed by atoms with van der Waals surface area (Å²) in [7, 11) is 0. The summed E-state index contributed by atoms with van der Waals surface area (Å²) in [6.45, 7) is 5.88. The number of rotatable bonds is 5. The molecule has 1 unspecified atom stereocenters. The average Bonchev–Trinajstić information content (AvgIpc) is 2.98. The predicted octanol–water partition coefficient (Wildman–Crippen LogP) is 2.59. The molecule has 2 N–H and O–H groups in total. The summed E-state index contributed by atoms with van der Waals surface area (Å²) in [6, 6.07) is 2.51. The van der Waals surface area contributed by atoms with Crippen LogP contribution in [0.3, 0.4) is 0 Å². The molecule has 1 aromatic heterocycles. The highest BCUT2D eigenvalue weighted by atomic mass is 35.5. The van der Waals surface area contributed by atoms with Crippen LogP contribution in [0.25, 0.3) is 0 Å². The fourth-order valence-electron chi connectivity index (χ4n) is 2.51. The van der Waals surface area contributed by atoms with Gasteiger partial charge in [-0.1, -0.05) is 11.6 Å². The molecule has 0 radical (unpaired) electrons. The maximum atomic E-state index is 12.1. The van der Waals surface area contributed by atoms with Crippen LogP contribution in [-0.2, 0) is 0 Å². The molecule has 19 heavy (non-hydrogen) atoms. The van der Waals surface area contributed by atoms with E-state index >= 15 is 0 Å². The third-order valence-corrected chi connectivity index (χ3v) is 3.75. The zero-order valence-electron chi connectivity index (χ0n) is 11.6. The van der Waals surface area contributed by atoms with E-state index in [2.05, 4.69) is 10.6 Å². The van der Waals surface area contributed by atoms with Crippen molar-refractivity contribution in [1.29, 1.82) is 0 Å². The zero-order valence-corrected chi connectivity index (χ0v) is 12.3. The topological polar surface area (TPSA) is 46.1 Å². The number of nitrogens with zero attached hydrogens (tertiary/aromatic N) is 1. The van der Waals surface area contributed by atoms with Crippen LogP contribution in [0.1, 0.15) is 49.6 Å². The Labute approximate surface area is 119 Å². The van der Waals surface area contributed by atoms with Gasteiger partial charge in [0.15, 0.2) is 0 Å².